The van der Waals surface area contributed by atoms with Gasteiger partial charge in [-0.1, -0.05) is 0 Å². The first kappa shape index (κ1) is 14.4. The third-order valence-electron chi connectivity index (χ3n) is 2.85. The zero-order valence-corrected chi connectivity index (χ0v) is 10.5. The van der Waals surface area contributed by atoms with Crippen molar-refractivity contribution in [2.24, 2.45) is 5.92 Å². The van der Waals surface area contributed by atoms with E-state index in [1.807, 2.05) is 0 Å². The van der Waals surface area contributed by atoms with E-state index in [1.165, 1.54) is 18.2 Å². The third-order valence-corrected chi connectivity index (χ3v) is 2.85. The summed E-state index contributed by atoms with van der Waals surface area (Å²) in [5.74, 6) is -1.57. The van der Waals surface area contributed by atoms with Crippen molar-refractivity contribution in [2.75, 3.05) is 5.32 Å². The van der Waals surface area contributed by atoms with Crippen molar-refractivity contribution >= 4 is 17.3 Å². The number of nitrogens with zero attached hydrogens (tertiary/aromatic N) is 2. The Labute approximate surface area is 109 Å². The van der Waals surface area contributed by atoms with Crippen LogP contribution in [0.15, 0.2) is 18.2 Å². The maximum Gasteiger partial charge on any atom is 0.308 e. The average Bonchev–Trinajstić information content (AvgIpc) is 2.36. The van der Waals surface area contributed by atoms with Gasteiger partial charge in [-0.25, -0.2) is 0 Å². The molecular formula is C12H13N3O4. The van der Waals surface area contributed by atoms with Crippen LogP contribution in [0.1, 0.15) is 19.4 Å². The smallest absolute Gasteiger partial charge is 0.308 e. The standard InChI is InChI=1S/C12H13N3O4/c1-7(12(16)17)8(2)14-10-3-4-11(15(18)19)9(5-10)6-13/h3-5,7-8,14H,1-2H3,(H,16,17). The molecule has 1 aromatic carbocycles. The summed E-state index contributed by atoms with van der Waals surface area (Å²) in [7, 11) is 0. The molecule has 0 aliphatic rings. The summed E-state index contributed by atoms with van der Waals surface area (Å²) in [6.45, 7) is 3.24. The van der Waals surface area contributed by atoms with E-state index in [4.69, 9.17) is 10.4 Å². The number of nitriles is 1. The summed E-state index contributed by atoms with van der Waals surface area (Å²) in [6.07, 6.45) is 0. The van der Waals surface area contributed by atoms with E-state index in [9.17, 15) is 14.9 Å². The van der Waals surface area contributed by atoms with Crippen LogP contribution < -0.4 is 5.32 Å². The number of aliphatic carboxylic acids is 1. The van der Waals surface area contributed by atoms with E-state index in [0.717, 1.165) is 0 Å². The van der Waals surface area contributed by atoms with Gasteiger partial charge in [-0.2, -0.15) is 5.26 Å². The molecular weight excluding hydrogens is 250 g/mol. The Balaban J connectivity index is 2.96. The molecule has 0 spiro atoms. The highest BCUT2D eigenvalue weighted by Gasteiger charge is 2.20. The molecule has 0 aromatic heterocycles. The second kappa shape index (κ2) is 5.82. The van der Waals surface area contributed by atoms with Crippen LogP contribution in [0.5, 0.6) is 0 Å². The number of benzene rings is 1. The summed E-state index contributed by atoms with van der Waals surface area (Å²) in [5, 5.41) is 31.3. The lowest BCUT2D eigenvalue weighted by atomic mass is 10.0. The van der Waals surface area contributed by atoms with E-state index in [-0.39, 0.29) is 17.3 Å². The molecule has 0 fully saturated rings. The lowest BCUT2D eigenvalue weighted by Crippen LogP contribution is -2.29. The van der Waals surface area contributed by atoms with Gasteiger partial charge in [-0.05, 0) is 26.0 Å². The first-order valence-corrected chi connectivity index (χ1v) is 5.54. The number of carboxylic acids is 1. The van der Waals surface area contributed by atoms with Gasteiger partial charge in [0.05, 0.1) is 10.8 Å². The fourth-order valence-electron chi connectivity index (χ4n) is 1.48. The van der Waals surface area contributed by atoms with Gasteiger partial charge >= 0.3 is 5.97 Å². The Morgan fingerprint density at radius 3 is 2.63 bits per heavy atom. The van der Waals surface area contributed by atoms with E-state index in [0.29, 0.717) is 5.69 Å². The molecule has 1 aromatic rings. The monoisotopic (exact) mass is 263 g/mol. The Hall–Kier alpha value is -2.62. The fourth-order valence-corrected chi connectivity index (χ4v) is 1.48. The average molecular weight is 263 g/mol. The van der Waals surface area contributed by atoms with Gasteiger partial charge in [0.1, 0.15) is 11.6 Å². The van der Waals surface area contributed by atoms with Gasteiger partial charge < -0.3 is 10.4 Å². The maximum atomic E-state index is 10.8. The predicted molar refractivity (Wildman–Crippen MR) is 67.7 cm³/mol. The zero-order chi connectivity index (χ0) is 14.6. The molecule has 7 heteroatoms. The third kappa shape index (κ3) is 3.42. The van der Waals surface area contributed by atoms with Crippen molar-refractivity contribution < 1.29 is 14.8 Å². The summed E-state index contributed by atoms with van der Waals surface area (Å²) in [4.78, 5) is 20.9. The SMILES string of the molecule is CC(Nc1ccc([N+](=O)[O-])c(C#N)c1)C(C)C(=O)O. The zero-order valence-electron chi connectivity index (χ0n) is 10.5. The number of rotatable bonds is 5. The minimum Gasteiger partial charge on any atom is -0.481 e. The first-order chi connectivity index (χ1) is 8.86. The van der Waals surface area contributed by atoms with Crippen molar-refractivity contribution in [3.8, 4) is 6.07 Å². The molecule has 0 aliphatic carbocycles. The molecule has 19 heavy (non-hydrogen) atoms. The van der Waals surface area contributed by atoms with Crippen LogP contribution in [0.25, 0.3) is 0 Å². The van der Waals surface area contributed by atoms with Gasteiger partial charge in [0, 0.05) is 17.8 Å². The van der Waals surface area contributed by atoms with Gasteiger partial charge in [0.2, 0.25) is 0 Å². The second-order valence-electron chi connectivity index (χ2n) is 4.16. The highest BCUT2D eigenvalue weighted by molar-refractivity contribution is 5.71. The Morgan fingerprint density at radius 1 is 1.53 bits per heavy atom. The van der Waals surface area contributed by atoms with Gasteiger partial charge in [-0.15, -0.1) is 0 Å². The minimum absolute atomic E-state index is 0.0646. The molecule has 0 saturated carbocycles. The molecule has 0 radical (unpaired) electrons. The molecule has 7 nitrogen and oxygen atoms in total. The minimum atomic E-state index is -0.942. The molecule has 0 bridgehead atoms. The molecule has 0 saturated heterocycles. The number of carboxylic acid groups (broad SMARTS) is 1. The van der Waals surface area contributed by atoms with Crippen LogP contribution in [0.2, 0.25) is 0 Å². The summed E-state index contributed by atoms with van der Waals surface area (Å²) < 4.78 is 0. The molecule has 2 unspecified atom stereocenters. The van der Waals surface area contributed by atoms with Crippen LogP contribution in [0.4, 0.5) is 11.4 Å². The Morgan fingerprint density at radius 2 is 2.16 bits per heavy atom. The van der Waals surface area contributed by atoms with Crippen molar-refractivity contribution in [3.63, 3.8) is 0 Å². The molecule has 0 aliphatic heterocycles. The number of nitrogens with one attached hydrogen (secondary N) is 1. The molecule has 2 N–H and O–H groups in total. The summed E-state index contributed by atoms with van der Waals surface area (Å²) in [5.41, 5.74) is 0.139. The topological polar surface area (TPSA) is 116 Å². The van der Waals surface area contributed by atoms with Crippen molar-refractivity contribution in [1.82, 2.24) is 0 Å². The molecule has 1 rings (SSSR count). The number of hydrogen-bond donors (Lipinski definition) is 2. The number of anilines is 1. The van der Waals surface area contributed by atoms with Crippen LogP contribution in [0, 0.1) is 27.4 Å². The number of hydrogen-bond acceptors (Lipinski definition) is 5. The van der Waals surface area contributed by atoms with Gasteiger partial charge in [-0.3, -0.25) is 14.9 Å². The molecule has 0 amide bonds. The fraction of sp³-hybridized carbons (Fsp3) is 0.333. The van der Waals surface area contributed by atoms with Crippen LogP contribution in [-0.4, -0.2) is 22.0 Å². The first-order valence-electron chi connectivity index (χ1n) is 5.54. The van der Waals surface area contributed by atoms with Crippen molar-refractivity contribution in [2.45, 2.75) is 19.9 Å². The normalized spacial score (nSPS) is 13.1. The highest BCUT2D eigenvalue weighted by Crippen LogP contribution is 2.23. The molecule has 0 heterocycles. The lowest BCUT2D eigenvalue weighted by Gasteiger charge is -2.19. The Bertz CT molecular complexity index is 550. The molecule has 100 valence electrons. The van der Waals surface area contributed by atoms with Crippen LogP contribution >= 0.6 is 0 Å². The summed E-state index contributed by atoms with van der Waals surface area (Å²) in [6, 6.07) is 5.38. The lowest BCUT2D eigenvalue weighted by molar-refractivity contribution is -0.385. The Kier molecular flexibility index (Phi) is 4.42. The largest absolute Gasteiger partial charge is 0.481 e. The summed E-state index contributed by atoms with van der Waals surface area (Å²) >= 11 is 0. The van der Waals surface area contributed by atoms with Crippen molar-refractivity contribution in [3.05, 3.63) is 33.9 Å². The predicted octanol–water partition coefficient (Wildman–Crippen LogP) is 1.99. The number of nitro groups is 1. The van der Waals surface area contributed by atoms with Gasteiger partial charge in [0.25, 0.3) is 5.69 Å². The number of nitro benzene ring substituents is 1. The van der Waals surface area contributed by atoms with E-state index < -0.39 is 16.8 Å². The van der Waals surface area contributed by atoms with E-state index in [2.05, 4.69) is 5.32 Å². The number of carbonyl (C=O) groups is 1. The van der Waals surface area contributed by atoms with Crippen LogP contribution in [0.3, 0.4) is 0 Å². The highest BCUT2D eigenvalue weighted by atomic mass is 16.6. The van der Waals surface area contributed by atoms with Gasteiger partial charge in [0.15, 0.2) is 0 Å². The van der Waals surface area contributed by atoms with E-state index in [1.54, 1.807) is 19.9 Å². The van der Waals surface area contributed by atoms with Crippen molar-refractivity contribution in [1.29, 1.82) is 5.26 Å². The maximum absolute atomic E-state index is 10.8. The molecule has 2 atom stereocenters. The second-order valence-corrected chi connectivity index (χ2v) is 4.16. The quantitative estimate of drug-likeness (QED) is 0.619. The van der Waals surface area contributed by atoms with Crippen LogP contribution in [-0.2, 0) is 4.79 Å². The van der Waals surface area contributed by atoms with E-state index >= 15 is 0 Å².